The van der Waals surface area contributed by atoms with Crippen LogP contribution in [0.1, 0.15) is 19.7 Å². The number of nitrogens with one attached hydrogen (secondary N) is 1. The highest BCUT2D eigenvalue weighted by Gasteiger charge is 2.40. The lowest BCUT2D eigenvalue weighted by atomic mass is 10.0. The number of amides is 1. The summed E-state index contributed by atoms with van der Waals surface area (Å²) in [6.07, 6.45) is 2.96. The second-order valence-electron chi connectivity index (χ2n) is 8.78. The maximum Gasteiger partial charge on any atom is 0.303 e. The van der Waals surface area contributed by atoms with Crippen molar-refractivity contribution in [3.8, 4) is 5.82 Å². The third kappa shape index (κ3) is 3.66. The van der Waals surface area contributed by atoms with Gasteiger partial charge in [0.15, 0.2) is 11.6 Å². The molecule has 2 unspecified atom stereocenters. The third-order valence-electron chi connectivity index (χ3n) is 6.07. The first-order valence-electron chi connectivity index (χ1n) is 10.5. The Bertz CT molecular complexity index is 1180. The molecule has 1 amide bonds. The van der Waals surface area contributed by atoms with Crippen LogP contribution in [0.2, 0.25) is 0 Å². The molecule has 9 nitrogen and oxygen atoms in total. The van der Waals surface area contributed by atoms with E-state index in [4.69, 9.17) is 5.10 Å². The maximum absolute atomic E-state index is 13.9. The Kier molecular flexibility index (Phi) is 4.81. The third-order valence-corrected chi connectivity index (χ3v) is 6.07. The number of fused-ring (bicyclic) bond motifs is 2. The van der Waals surface area contributed by atoms with Gasteiger partial charge in [-0.15, -0.1) is 5.10 Å². The molecule has 168 valence electrons. The van der Waals surface area contributed by atoms with Gasteiger partial charge in [-0.25, -0.2) is 19.6 Å². The summed E-state index contributed by atoms with van der Waals surface area (Å²) in [5.41, 5.74) is 0.622. The molecule has 2 aliphatic heterocycles. The lowest BCUT2D eigenvalue weighted by Gasteiger charge is -2.19. The summed E-state index contributed by atoms with van der Waals surface area (Å²) in [6, 6.07) is 3.22. The first-order chi connectivity index (χ1) is 15.2. The van der Waals surface area contributed by atoms with Crippen LogP contribution >= 0.6 is 0 Å². The van der Waals surface area contributed by atoms with Gasteiger partial charge in [0.1, 0.15) is 5.82 Å². The van der Waals surface area contributed by atoms with Gasteiger partial charge in [-0.2, -0.15) is 8.78 Å². The Hall–Kier alpha value is -3.21. The fraction of sp³-hybridized carbons (Fsp3) is 0.476. The number of alkyl halides is 2. The van der Waals surface area contributed by atoms with Gasteiger partial charge >= 0.3 is 5.92 Å². The highest BCUT2D eigenvalue weighted by molar-refractivity contribution is 5.95. The molecule has 32 heavy (non-hydrogen) atoms. The average molecular weight is 442 g/mol. The number of rotatable bonds is 4. The number of carbonyl (C=O) groups excluding carboxylic acids is 1. The minimum atomic E-state index is -3.18. The fourth-order valence-electron chi connectivity index (χ4n) is 4.73. The van der Waals surface area contributed by atoms with E-state index >= 15 is 0 Å². The van der Waals surface area contributed by atoms with Gasteiger partial charge < -0.3 is 15.1 Å². The van der Waals surface area contributed by atoms with Crippen molar-refractivity contribution in [2.45, 2.75) is 19.8 Å². The quantitative estimate of drug-likeness (QED) is 0.663. The predicted octanol–water partition coefficient (Wildman–Crippen LogP) is 2.28. The van der Waals surface area contributed by atoms with E-state index in [1.165, 1.54) is 23.9 Å². The Morgan fingerprint density at radius 3 is 2.56 bits per heavy atom. The van der Waals surface area contributed by atoms with E-state index in [0.717, 1.165) is 44.3 Å². The molecule has 5 rings (SSSR count). The van der Waals surface area contributed by atoms with Gasteiger partial charge in [-0.05, 0) is 18.9 Å². The second-order valence-corrected chi connectivity index (χ2v) is 8.78. The molecular formula is C21H24F2N8O. The van der Waals surface area contributed by atoms with E-state index in [2.05, 4.69) is 37.1 Å². The zero-order chi connectivity index (χ0) is 22.6. The molecule has 0 spiro atoms. The number of nitrogens with zero attached hydrogens (tertiary/aromatic N) is 7. The number of pyridine rings is 1. The van der Waals surface area contributed by atoms with Crippen LogP contribution in [0.4, 0.5) is 20.4 Å². The molecule has 3 aromatic heterocycles. The molecule has 3 aromatic rings. The molecule has 5 heterocycles. The van der Waals surface area contributed by atoms with Crippen LogP contribution in [0.15, 0.2) is 24.5 Å². The van der Waals surface area contributed by atoms with Crippen molar-refractivity contribution < 1.29 is 13.6 Å². The first-order valence-corrected chi connectivity index (χ1v) is 10.5. The molecule has 0 bridgehead atoms. The molecule has 2 atom stereocenters. The zero-order valence-electron chi connectivity index (χ0n) is 18.1. The van der Waals surface area contributed by atoms with Crippen molar-refractivity contribution in [2.24, 2.45) is 11.8 Å². The Balaban J connectivity index is 1.61. The molecular weight excluding hydrogens is 418 g/mol. The zero-order valence-corrected chi connectivity index (χ0v) is 18.1. The van der Waals surface area contributed by atoms with Crippen molar-refractivity contribution in [3.63, 3.8) is 0 Å². The minimum Gasteiger partial charge on any atom is -0.354 e. The summed E-state index contributed by atoms with van der Waals surface area (Å²) in [7, 11) is 2.14. The Labute approximate surface area is 183 Å². The van der Waals surface area contributed by atoms with Crippen LogP contribution in [0.25, 0.3) is 16.7 Å². The van der Waals surface area contributed by atoms with Crippen molar-refractivity contribution in [1.29, 1.82) is 0 Å². The highest BCUT2D eigenvalue weighted by Crippen LogP contribution is 2.37. The number of carbonyl (C=O) groups is 1. The minimum absolute atomic E-state index is 0.229. The molecule has 0 aliphatic carbocycles. The summed E-state index contributed by atoms with van der Waals surface area (Å²) in [5.74, 6) is -1.55. The van der Waals surface area contributed by atoms with Crippen molar-refractivity contribution in [1.82, 2.24) is 29.6 Å². The summed E-state index contributed by atoms with van der Waals surface area (Å²) in [6.45, 7) is 6.00. The Morgan fingerprint density at radius 1 is 1.19 bits per heavy atom. The molecule has 0 saturated carbocycles. The van der Waals surface area contributed by atoms with Crippen LogP contribution in [0.5, 0.6) is 0 Å². The van der Waals surface area contributed by atoms with Gasteiger partial charge in [0.2, 0.25) is 11.7 Å². The predicted molar refractivity (Wildman–Crippen MR) is 115 cm³/mol. The number of hydrogen-bond donors (Lipinski definition) is 1. The largest absolute Gasteiger partial charge is 0.354 e. The normalized spacial score (nSPS) is 21.3. The van der Waals surface area contributed by atoms with E-state index in [1.54, 1.807) is 12.3 Å². The summed E-state index contributed by atoms with van der Waals surface area (Å²) in [4.78, 5) is 28.2. The molecule has 2 saturated heterocycles. The van der Waals surface area contributed by atoms with Crippen LogP contribution in [0, 0.1) is 11.8 Å². The molecule has 0 aromatic carbocycles. The van der Waals surface area contributed by atoms with Crippen LogP contribution in [-0.2, 0) is 10.7 Å². The topological polar surface area (TPSA) is 92.1 Å². The van der Waals surface area contributed by atoms with Crippen molar-refractivity contribution >= 4 is 28.4 Å². The van der Waals surface area contributed by atoms with Crippen LogP contribution in [-0.4, -0.2) is 68.8 Å². The number of hydrogen-bond acceptors (Lipinski definition) is 7. The lowest BCUT2D eigenvalue weighted by molar-refractivity contribution is -0.114. The smallest absolute Gasteiger partial charge is 0.303 e. The van der Waals surface area contributed by atoms with Crippen molar-refractivity contribution in [3.05, 3.63) is 30.4 Å². The van der Waals surface area contributed by atoms with E-state index in [-0.39, 0.29) is 11.7 Å². The van der Waals surface area contributed by atoms with Crippen molar-refractivity contribution in [2.75, 3.05) is 43.4 Å². The number of anilines is 2. The van der Waals surface area contributed by atoms with Gasteiger partial charge in [0.05, 0.1) is 10.9 Å². The maximum atomic E-state index is 13.9. The van der Waals surface area contributed by atoms with Crippen LogP contribution < -0.4 is 10.2 Å². The molecule has 11 heteroatoms. The van der Waals surface area contributed by atoms with E-state index < -0.39 is 11.7 Å². The second kappa shape index (κ2) is 7.44. The lowest BCUT2D eigenvalue weighted by Crippen LogP contribution is -2.27. The molecule has 0 radical (unpaired) electrons. The van der Waals surface area contributed by atoms with E-state index in [0.29, 0.717) is 23.2 Å². The van der Waals surface area contributed by atoms with Gasteiger partial charge in [-0.3, -0.25) is 4.79 Å². The molecule has 2 aliphatic rings. The molecule has 2 fully saturated rings. The number of likely N-dealkylation sites (tertiary alicyclic amines) is 1. The highest BCUT2D eigenvalue weighted by atomic mass is 19.3. The van der Waals surface area contributed by atoms with E-state index in [1.807, 2.05) is 0 Å². The van der Waals surface area contributed by atoms with Gasteiger partial charge in [-0.1, -0.05) is 0 Å². The van der Waals surface area contributed by atoms with Crippen LogP contribution in [0.3, 0.4) is 0 Å². The van der Waals surface area contributed by atoms with E-state index in [9.17, 15) is 13.6 Å². The molecule has 1 N–H and O–H groups in total. The summed E-state index contributed by atoms with van der Waals surface area (Å²) in [5, 5.41) is 8.21. The summed E-state index contributed by atoms with van der Waals surface area (Å²) >= 11 is 0. The fourth-order valence-corrected chi connectivity index (χ4v) is 4.73. The SMILES string of the molecule is CC(=O)Nc1cc2c(cn1)c(N1CC3CN(C)CC3C1)nn2-c1ccnc(C(C)(F)F)n1. The number of aromatic nitrogens is 5. The summed E-state index contributed by atoms with van der Waals surface area (Å²) < 4.78 is 29.2. The Morgan fingerprint density at radius 2 is 1.91 bits per heavy atom. The monoisotopic (exact) mass is 442 g/mol. The van der Waals surface area contributed by atoms with Gasteiger partial charge in [0, 0.05) is 64.6 Å². The standard InChI is InChI=1S/C21H24F2N8O/c1-12(32)26-17-6-16-15(7-25-17)19(30-10-13-8-29(3)9-14(13)11-30)28-31(16)18-4-5-24-20(27-18)21(2,22)23/h4-7,13-14H,8-11H2,1-3H3,(H,25,26,32). The number of halogens is 2. The first kappa shape index (κ1) is 20.7. The van der Waals surface area contributed by atoms with Gasteiger partial charge in [0.25, 0.3) is 0 Å². The average Bonchev–Trinajstić information content (AvgIpc) is 3.37.